The van der Waals surface area contributed by atoms with Crippen LogP contribution in [0.4, 0.5) is 27.1 Å². The summed E-state index contributed by atoms with van der Waals surface area (Å²) >= 11 is 0. The Kier molecular flexibility index (Phi) is 4.22. The molecule has 2 aromatic carbocycles. The van der Waals surface area contributed by atoms with Crippen molar-refractivity contribution in [3.05, 3.63) is 52.3 Å². The van der Waals surface area contributed by atoms with Gasteiger partial charge in [0.05, 0.1) is 17.7 Å². The zero-order valence-corrected chi connectivity index (χ0v) is 11.5. The lowest BCUT2D eigenvalue weighted by Crippen LogP contribution is -2.02. The number of nitro benzene ring substituents is 1. The number of ether oxygens (including phenoxy) is 1. The smallest absolute Gasteiger partial charge is 0.315 e. The highest BCUT2D eigenvalue weighted by Crippen LogP contribution is 2.36. The molecule has 0 saturated heterocycles. The molecule has 0 heterocycles. The Balaban J connectivity index is 2.47. The molecule has 0 bridgehead atoms. The maximum atomic E-state index is 13.2. The molecule has 0 atom stereocenters. The maximum Gasteiger partial charge on any atom is 0.315 e. The van der Waals surface area contributed by atoms with Gasteiger partial charge in [0.15, 0.2) is 0 Å². The Labute approximate surface area is 120 Å². The minimum Gasteiger partial charge on any atom is -0.494 e. The Morgan fingerprint density at radius 1 is 1.19 bits per heavy atom. The van der Waals surface area contributed by atoms with Gasteiger partial charge in [-0.25, -0.2) is 4.39 Å². The molecule has 7 heteroatoms. The van der Waals surface area contributed by atoms with E-state index in [1.54, 1.807) is 25.2 Å². The van der Waals surface area contributed by atoms with Gasteiger partial charge in [-0.15, -0.1) is 0 Å². The van der Waals surface area contributed by atoms with Crippen molar-refractivity contribution in [2.45, 2.75) is 0 Å². The minimum absolute atomic E-state index is 0.0913. The van der Waals surface area contributed by atoms with Gasteiger partial charge in [-0.05, 0) is 24.3 Å². The van der Waals surface area contributed by atoms with Gasteiger partial charge >= 0.3 is 5.69 Å². The van der Waals surface area contributed by atoms with Crippen molar-refractivity contribution in [3.63, 3.8) is 0 Å². The number of para-hydroxylation sites is 1. The number of nitro groups is 1. The van der Waals surface area contributed by atoms with E-state index in [0.717, 1.165) is 0 Å². The van der Waals surface area contributed by atoms with Gasteiger partial charge in [0.2, 0.25) is 0 Å². The molecule has 0 saturated carbocycles. The van der Waals surface area contributed by atoms with E-state index in [9.17, 15) is 14.5 Å². The van der Waals surface area contributed by atoms with Crippen LogP contribution in [-0.2, 0) is 0 Å². The quantitative estimate of drug-likeness (QED) is 0.651. The lowest BCUT2D eigenvalue weighted by atomic mass is 10.2. The fourth-order valence-electron chi connectivity index (χ4n) is 1.96. The molecule has 21 heavy (non-hydrogen) atoms. The monoisotopic (exact) mass is 291 g/mol. The zero-order valence-electron chi connectivity index (χ0n) is 11.5. The first-order valence-electron chi connectivity index (χ1n) is 6.12. The number of halogens is 1. The predicted octanol–water partition coefficient (Wildman–Crippen LogP) is 3.53. The van der Waals surface area contributed by atoms with E-state index in [1.807, 2.05) is 0 Å². The second kappa shape index (κ2) is 6.08. The molecule has 0 aliphatic heterocycles. The number of benzene rings is 2. The van der Waals surface area contributed by atoms with Crippen molar-refractivity contribution in [1.29, 1.82) is 0 Å². The number of rotatable bonds is 5. The van der Waals surface area contributed by atoms with E-state index in [1.165, 1.54) is 25.3 Å². The third-order valence-corrected chi connectivity index (χ3v) is 2.92. The van der Waals surface area contributed by atoms with E-state index in [2.05, 4.69) is 10.6 Å². The number of anilines is 3. The Morgan fingerprint density at radius 3 is 2.52 bits per heavy atom. The molecule has 0 amide bonds. The average Bonchev–Trinajstić information content (AvgIpc) is 2.48. The van der Waals surface area contributed by atoms with Gasteiger partial charge < -0.3 is 15.4 Å². The fraction of sp³-hybridized carbons (Fsp3) is 0.143. The topological polar surface area (TPSA) is 76.4 Å². The highest BCUT2D eigenvalue weighted by Gasteiger charge is 2.19. The van der Waals surface area contributed by atoms with Crippen molar-refractivity contribution in [2.75, 3.05) is 24.8 Å². The van der Waals surface area contributed by atoms with Crippen LogP contribution in [0.5, 0.6) is 5.75 Å². The van der Waals surface area contributed by atoms with Crippen LogP contribution in [0.15, 0.2) is 36.4 Å². The van der Waals surface area contributed by atoms with Crippen LogP contribution in [0.2, 0.25) is 0 Å². The summed E-state index contributed by atoms with van der Waals surface area (Å²) in [7, 11) is 3.00. The molecular formula is C14H14FN3O3. The Hall–Kier alpha value is -2.83. The van der Waals surface area contributed by atoms with E-state index < -0.39 is 10.7 Å². The summed E-state index contributed by atoms with van der Waals surface area (Å²) in [4.78, 5) is 10.8. The lowest BCUT2D eigenvalue weighted by Gasteiger charge is -2.13. The minimum atomic E-state index is -0.482. The predicted molar refractivity (Wildman–Crippen MR) is 78.9 cm³/mol. The summed E-state index contributed by atoms with van der Waals surface area (Å²) in [6.45, 7) is 0. The first-order chi connectivity index (χ1) is 10.1. The Morgan fingerprint density at radius 2 is 1.90 bits per heavy atom. The number of nitrogens with one attached hydrogen (secondary N) is 2. The van der Waals surface area contributed by atoms with Gasteiger partial charge in [0.1, 0.15) is 22.9 Å². The van der Waals surface area contributed by atoms with E-state index in [0.29, 0.717) is 11.4 Å². The molecule has 2 rings (SSSR count). The molecule has 6 nitrogen and oxygen atoms in total. The number of nitrogens with zero attached hydrogens (tertiary/aromatic N) is 1. The molecule has 0 spiro atoms. The van der Waals surface area contributed by atoms with Gasteiger partial charge in [0, 0.05) is 13.1 Å². The molecule has 0 aliphatic carbocycles. The van der Waals surface area contributed by atoms with Crippen LogP contribution in [0, 0.1) is 15.9 Å². The second-order valence-electron chi connectivity index (χ2n) is 4.18. The van der Waals surface area contributed by atoms with Crippen LogP contribution in [-0.4, -0.2) is 19.1 Å². The summed E-state index contributed by atoms with van der Waals surface area (Å²) in [6, 6.07) is 8.77. The highest BCUT2D eigenvalue weighted by atomic mass is 19.1. The third kappa shape index (κ3) is 3.02. The van der Waals surface area contributed by atoms with Crippen LogP contribution >= 0.6 is 0 Å². The van der Waals surface area contributed by atoms with Gasteiger partial charge in [-0.1, -0.05) is 6.07 Å². The SMILES string of the molecule is CNc1cccc(Nc2ccc(F)cc2OC)c1[N+](=O)[O-]. The van der Waals surface area contributed by atoms with Crippen LogP contribution in [0.25, 0.3) is 0 Å². The molecule has 2 N–H and O–H groups in total. The number of methoxy groups -OCH3 is 1. The first kappa shape index (κ1) is 14.6. The second-order valence-corrected chi connectivity index (χ2v) is 4.18. The van der Waals surface area contributed by atoms with Crippen molar-refractivity contribution < 1.29 is 14.1 Å². The molecular weight excluding hydrogens is 277 g/mol. The number of hydrogen-bond acceptors (Lipinski definition) is 5. The molecule has 2 aromatic rings. The van der Waals surface area contributed by atoms with E-state index >= 15 is 0 Å². The first-order valence-corrected chi connectivity index (χ1v) is 6.12. The number of hydrogen-bond donors (Lipinski definition) is 2. The fourth-order valence-corrected chi connectivity index (χ4v) is 1.96. The normalized spacial score (nSPS) is 10.0. The lowest BCUT2D eigenvalue weighted by molar-refractivity contribution is -0.383. The van der Waals surface area contributed by atoms with Crippen LogP contribution < -0.4 is 15.4 Å². The van der Waals surface area contributed by atoms with E-state index in [-0.39, 0.29) is 17.1 Å². The highest BCUT2D eigenvalue weighted by molar-refractivity contribution is 5.80. The standard InChI is InChI=1S/C14H14FN3O3/c1-16-11-4-3-5-12(14(11)18(19)20)17-10-7-6-9(15)8-13(10)21-2/h3-8,16-17H,1-2H3. The molecule has 0 aliphatic rings. The van der Waals surface area contributed by atoms with E-state index in [4.69, 9.17) is 4.74 Å². The van der Waals surface area contributed by atoms with Gasteiger partial charge in [0.25, 0.3) is 0 Å². The summed E-state index contributed by atoms with van der Waals surface area (Å²) < 4.78 is 18.2. The molecule has 0 aromatic heterocycles. The summed E-state index contributed by atoms with van der Waals surface area (Å²) in [5, 5.41) is 16.9. The van der Waals surface area contributed by atoms with Gasteiger partial charge in [-0.3, -0.25) is 10.1 Å². The summed E-state index contributed by atoms with van der Waals surface area (Å²) in [6.07, 6.45) is 0. The summed E-state index contributed by atoms with van der Waals surface area (Å²) in [5.41, 5.74) is 1.02. The van der Waals surface area contributed by atoms with Gasteiger partial charge in [-0.2, -0.15) is 0 Å². The zero-order chi connectivity index (χ0) is 15.4. The van der Waals surface area contributed by atoms with Crippen molar-refractivity contribution >= 4 is 22.7 Å². The largest absolute Gasteiger partial charge is 0.494 e. The maximum absolute atomic E-state index is 13.2. The van der Waals surface area contributed by atoms with Crippen LogP contribution in [0.1, 0.15) is 0 Å². The van der Waals surface area contributed by atoms with Crippen molar-refractivity contribution in [3.8, 4) is 5.75 Å². The molecule has 0 unspecified atom stereocenters. The third-order valence-electron chi connectivity index (χ3n) is 2.92. The van der Waals surface area contributed by atoms with Crippen molar-refractivity contribution in [1.82, 2.24) is 0 Å². The summed E-state index contributed by atoms with van der Waals surface area (Å²) in [5.74, 6) is -0.185. The molecule has 0 fully saturated rings. The van der Waals surface area contributed by atoms with Crippen LogP contribution in [0.3, 0.4) is 0 Å². The Bertz CT molecular complexity index is 677. The molecule has 110 valence electrons. The average molecular weight is 291 g/mol. The van der Waals surface area contributed by atoms with Crippen molar-refractivity contribution in [2.24, 2.45) is 0 Å². The molecule has 0 radical (unpaired) electrons.